The van der Waals surface area contributed by atoms with Gasteiger partial charge in [-0.25, -0.2) is 9.59 Å². The first-order valence-corrected chi connectivity index (χ1v) is 3.59. The Bertz CT molecular complexity index is 223. The number of nitrogens with one attached hydrogen (secondary N) is 1. The molecule has 0 aliphatic carbocycles. The number of carbonyl (C=O) groups excluding carboxylic acids is 1. The summed E-state index contributed by atoms with van der Waals surface area (Å²) in [6.45, 7) is 3.81. The molecule has 1 amide bonds. The molecule has 2 N–H and O–H groups in total. The fourth-order valence-electron chi connectivity index (χ4n) is 1.12. The van der Waals surface area contributed by atoms with E-state index in [-0.39, 0.29) is 6.61 Å². The molecule has 0 aromatic heterocycles. The zero-order valence-corrected chi connectivity index (χ0v) is 6.96. The fourth-order valence-corrected chi connectivity index (χ4v) is 1.12. The third-order valence-corrected chi connectivity index (χ3v) is 1.87. The minimum atomic E-state index is -1.20. The number of esters is 1. The van der Waals surface area contributed by atoms with Crippen LogP contribution in [0.5, 0.6) is 0 Å². The van der Waals surface area contributed by atoms with E-state index >= 15 is 0 Å². The molecule has 0 aromatic carbocycles. The Balaban J connectivity index is 2.71. The molecule has 5 nitrogen and oxygen atoms in total. The van der Waals surface area contributed by atoms with E-state index in [2.05, 4.69) is 5.32 Å². The Hall–Kier alpha value is -1.26. The van der Waals surface area contributed by atoms with Gasteiger partial charge in [0.2, 0.25) is 0 Å². The van der Waals surface area contributed by atoms with Crippen molar-refractivity contribution >= 4 is 12.1 Å². The van der Waals surface area contributed by atoms with Gasteiger partial charge in [0.05, 0.1) is 6.61 Å². The summed E-state index contributed by atoms with van der Waals surface area (Å²) in [6, 6.07) is -0.741. The molecule has 0 aromatic rings. The van der Waals surface area contributed by atoms with Crippen molar-refractivity contribution in [2.24, 2.45) is 5.41 Å². The molecule has 1 saturated heterocycles. The summed E-state index contributed by atoms with van der Waals surface area (Å²) >= 11 is 0. The Kier molecular flexibility index (Phi) is 1.95. The number of rotatable bonds is 1. The van der Waals surface area contributed by atoms with Gasteiger partial charge in [-0.05, 0) is 0 Å². The highest BCUT2D eigenvalue weighted by Crippen LogP contribution is 2.28. The maximum Gasteiger partial charge on any atom is 0.405 e. The van der Waals surface area contributed by atoms with Crippen molar-refractivity contribution < 1.29 is 19.4 Å². The monoisotopic (exact) mass is 173 g/mol. The predicted octanol–water partition coefficient (Wildman–Crippen LogP) is 0.206. The van der Waals surface area contributed by atoms with E-state index < -0.39 is 23.5 Å². The lowest BCUT2D eigenvalue weighted by Gasteiger charge is -2.20. The minimum Gasteiger partial charge on any atom is -0.465 e. The van der Waals surface area contributed by atoms with Crippen molar-refractivity contribution in [1.82, 2.24) is 5.32 Å². The number of amides is 1. The van der Waals surface area contributed by atoms with Crippen molar-refractivity contribution in [3.63, 3.8) is 0 Å². The van der Waals surface area contributed by atoms with Crippen molar-refractivity contribution in [1.29, 1.82) is 0 Å². The Morgan fingerprint density at radius 2 is 2.33 bits per heavy atom. The SMILES string of the molecule is CC1(C)COC(=O)[C@H]1NC(=O)O. The van der Waals surface area contributed by atoms with Gasteiger partial charge in [-0.3, -0.25) is 0 Å². The summed E-state index contributed by atoms with van der Waals surface area (Å²) in [6.07, 6.45) is -1.20. The highest BCUT2D eigenvalue weighted by molar-refractivity contribution is 5.83. The fraction of sp³-hybridized carbons (Fsp3) is 0.714. The summed E-state index contributed by atoms with van der Waals surface area (Å²) in [5, 5.41) is 10.5. The highest BCUT2D eigenvalue weighted by Gasteiger charge is 2.44. The number of hydrogen-bond donors (Lipinski definition) is 2. The summed E-state index contributed by atoms with van der Waals surface area (Å²) in [4.78, 5) is 21.2. The molecule has 0 spiro atoms. The number of carboxylic acid groups (broad SMARTS) is 1. The van der Waals surface area contributed by atoms with Gasteiger partial charge in [0.25, 0.3) is 0 Å². The number of cyclic esters (lactones) is 1. The quantitative estimate of drug-likeness (QED) is 0.555. The smallest absolute Gasteiger partial charge is 0.405 e. The molecular weight excluding hydrogens is 162 g/mol. The van der Waals surface area contributed by atoms with Gasteiger partial charge in [-0.2, -0.15) is 0 Å². The van der Waals surface area contributed by atoms with Crippen LogP contribution in [0, 0.1) is 5.41 Å². The van der Waals surface area contributed by atoms with Gasteiger partial charge in [0.1, 0.15) is 6.04 Å². The third-order valence-electron chi connectivity index (χ3n) is 1.87. The summed E-state index contributed by atoms with van der Waals surface area (Å²) in [5.74, 6) is -0.498. The molecule has 0 unspecified atom stereocenters. The topological polar surface area (TPSA) is 75.6 Å². The van der Waals surface area contributed by atoms with Crippen molar-refractivity contribution in [2.45, 2.75) is 19.9 Å². The van der Waals surface area contributed by atoms with E-state index in [9.17, 15) is 9.59 Å². The molecule has 1 atom stereocenters. The number of ether oxygens (including phenoxy) is 1. The number of carbonyl (C=O) groups is 2. The first-order chi connectivity index (χ1) is 5.43. The van der Waals surface area contributed by atoms with E-state index in [0.717, 1.165) is 0 Å². The van der Waals surface area contributed by atoms with Crippen molar-refractivity contribution in [2.75, 3.05) is 6.61 Å². The van der Waals surface area contributed by atoms with Gasteiger partial charge in [-0.1, -0.05) is 13.8 Å². The minimum absolute atomic E-state index is 0.261. The van der Waals surface area contributed by atoms with Gasteiger partial charge in [0, 0.05) is 5.41 Å². The Morgan fingerprint density at radius 1 is 1.75 bits per heavy atom. The zero-order chi connectivity index (χ0) is 9.35. The van der Waals surface area contributed by atoms with Crippen LogP contribution in [0.1, 0.15) is 13.8 Å². The second-order valence-corrected chi connectivity index (χ2v) is 3.48. The lowest BCUT2D eigenvalue weighted by atomic mass is 9.88. The van der Waals surface area contributed by atoms with Gasteiger partial charge >= 0.3 is 12.1 Å². The molecule has 68 valence electrons. The Labute approximate surface area is 69.7 Å². The zero-order valence-electron chi connectivity index (χ0n) is 6.96. The standard InChI is InChI=1S/C7H11NO4/c1-7(2)3-12-5(9)4(7)8-6(10)11/h4,8H,3H2,1-2H3,(H,10,11)/t4-/m1/s1. The first-order valence-electron chi connectivity index (χ1n) is 3.59. The van der Waals surface area contributed by atoms with Crippen LogP contribution in [0.15, 0.2) is 0 Å². The number of hydrogen-bond acceptors (Lipinski definition) is 3. The molecule has 0 bridgehead atoms. The lowest BCUT2D eigenvalue weighted by molar-refractivity contribution is -0.139. The van der Waals surface area contributed by atoms with Crippen LogP contribution >= 0.6 is 0 Å². The third kappa shape index (κ3) is 1.49. The molecule has 0 saturated carbocycles. The van der Waals surface area contributed by atoms with E-state index in [0.29, 0.717) is 0 Å². The lowest BCUT2D eigenvalue weighted by Crippen LogP contribution is -2.45. The molecule has 1 rings (SSSR count). The molecular formula is C7H11NO4. The van der Waals surface area contributed by atoms with Crippen molar-refractivity contribution in [3.05, 3.63) is 0 Å². The molecule has 1 aliphatic heterocycles. The predicted molar refractivity (Wildman–Crippen MR) is 39.7 cm³/mol. The average molecular weight is 173 g/mol. The largest absolute Gasteiger partial charge is 0.465 e. The van der Waals surface area contributed by atoms with Crippen LogP contribution in [0.3, 0.4) is 0 Å². The summed E-state index contributed by atoms with van der Waals surface area (Å²) in [5.41, 5.74) is -0.449. The molecule has 1 heterocycles. The van der Waals surface area contributed by atoms with Crippen LogP contribution in [-0.2, 0) is 9.53 Å². The van der Waals surface area contributed by atoms with Crippen LogP contribution in [0.2, 0.25) is 0 Å². The van der Waals surface area contributed by atoms with Crippen LogP contribution in [-0.4, -0.2) is 29.8 Å². The average Bonchev–Trinajstić information content (AvgIpc) is 2.15. The highest BCUT2D eigenvalue weighted by atomic mass is 16.5. The van der Waals surface area contributed by atoms with Gasteiger partial charge in [0.15, 0.2) is 0 Å². The Morgan fingerprint density at radius 3 is 2.67 bits per heavy atom. The molecule has 1 fully saturated rings. The van der Waals surface area contributed by atoms with Crippen LogP contribution in [0.4, 0.5) is 4.79 Å². The van der Waals surface area contributed by atoms with Crippen LogP contribution < -0.4 is 5.32 Å². The maximum absolute atomic E-state index is 11.0. The molecule has 12 heavy (non-hydrogen) atoms. The van der Waals surface area contributed by atoms with Crippen molar-refractivity contribution in [3.8, 4) is 0 Å². The van der Waals surface area contributed by atoms with E-state index in [1.807, 2.05) is 0 Å². The van der Waals surface area contributed by atoms with Gasteiger partial charge < -0.3 is 15.2 Å². The van der Waals surface area contributed by atoms with E-state index in [4.69, 9.17) is 9.84 Å². The van der Waals surface area contributed by atoms with Gasteiger partial charge in [-0.15, -0.1) is 0 Å². The molecule has 1 aliphatic rings. The molecule has 5 heteroatoms. The summed E-state index contributed by atoms with van der Waals surface area (Å²) < 4.78 is 4.72. The van der Waals surface area contributed by atoms with E-state index in [1.54, 1.807) is 13.8 Å². The normalized spacial score (nSPS) is 26.5. The summed E-state index contributed by atoms with van der Waals surface area (Å²) in [7, 11) is 0. The van der Waals surface area contributed by atoms with E-state index in [1.165, 1.54) is 0 Å². The van der Waals surface area contributed by atoms with Crippen LogP contribution in [0.25, 0.3) is 0 Å². The maximum atomic E-state index is 11.0. The second-order valence-electron chi connectivity index (χ2n) is 3.48. The molecule has 0 radical (unpaired) electrons. The second kappa shape index (κ2) is 2.66. The first kappa shape index (κ1) is 8.83.